The van der Waals surface area contributed by atoms with E-state index in [-0.39, 0.29) is 24.7 Å². The van der Waals surface area contributed by atoms with Crippen molar-refractivity contribution in [2.75, 3.05) is 6.54 Å². The number of amides is 1. The number of carboxylic acid groups (broad SMARTS) is 1. The van der Waals surface area contributed by atoms with Crippen molar-refractivity contribution in [1.82, 2.24) is 19.7 Å². The molecule has 0 aliphatic rings. The first-order valence-corrected chi connectivity index (χ1v) is 7.67. The van der Waals surface area contributed by atoms with Crippen molar-refractivity contribution in [3.05, 3.63) is 33.5 Å². The summed E-state index contributed by atoms with van der Waals surface area (Å²) in [5.74, 6) is -1.44. The van der Waals surface area contributed by atoms with E-state index in [2.05, 4.69) is 10.1 Å². The Morgan fingerprint density at radius 2 is 2.18 bits per heavy atom. The second-order valence-corrected chi connectivity index (χ2v) is 6.16. The minimum atomic E-state index is -1.05. The summed E-state index contributed by atoms with van der Waals surface area (Å²) in [6, 6.07) is 0. The Labute approximate surface area is 132 Å². The maximum atomic E-state index is 12.6. The molecule has 0 aromatic carbocycles. The molecule has 7 nitrogen and oxygen atoms in total. The summed E-state index contributed by atoms with van der Waals surface area (Å²) in [6.07, 6.45) is 4.24. The Morgan fingerprint density at radius 1 is 1.45 bits per heavy atom. The number of thiazole rings is 1. The van der Waals surface area contributed by atoms with Crippen molar-refractivity contribution in [2.45, 2.75) is 26.8 Å². The first-order valence-electron chi connectivity index (χ1n) is 6.85. The second-order valence-electron chi connectivity index (χ2n) is 4.96. The number of nitrogens with zero attached hydrogens (tertiary/aromatic N) is 4. The molecule has 0 saturated heterocycles. The zero-order valence-electron chi connectivity index (χ0n) is 12.7. The lowest BCUT2D eigenvalue weighted by Crippen LogP contribution is -2.35. The Bertz CT molecular complexity index is 692. The summed E-state index contributed by atoms with van der Waals surface area (Å²) in [5, 5.41) is 14.1. The Hall–Kier alpha value is -2.22. The van der Waals surface area contributed by atoms with Gasteiger partial charge in [-0.15, -0.1) is 11.3 Å². The molecule has 0 aliphatic heterocycles. The number of carbonyl (C=O) groups excluding carboxylic acids is 1. The molecule has 2 aromatic rings. The number of rotatable bonds is 6. The molecule has 0 aliphatic carbocycles. The second kappa shape index (κ2) is 6.69. The van der Waals surface area contributed by atoms with Crippen LogP contribution in [0.3, 0.4) is 0 Å². The zero-order chi connectivity index (χ0) is 16.3. The highest BCUT2D eigenvalue weighted by Gasteiger charge is 2.23. The van der Waals surface area contributed by atoms with E-state index in [1.165, 1.54) is 16.2 Å². The predicted octanol–water partition coefficient (Wildman–Crippen LogP) is 1.47. The SMILES string of the molecule is CCc1ncc(CN(CC(=O)O)C(=O)c2nn(C)cc2C)s1. The summed E-state index contributed by atoms with van der Waals surface area (Å²) in [6.45, 7) is 3.63. The standard InChI is InChI=1S/C14H18N4O3S/c1-4-11-15-5-10(22-11)7-18(8-12(19)20)14(21)13-9(2)6-17(3)16-13/h5-6H,4,7-8H2,1-3H3,(H,19,20). The number of hydrogen-bond donors (Lipinski definition) is 1. The molecule has 2 aromatic heterocycles. The lowest BCUT2D eigenvalue weighted by Gasteiger charge is -2.19. The van der Waals surface area contributed by atoms with Gasteiger partial charge in [0.05, 0.1) is 11.6 Å². The molecule has 0 fully saturated rings. The van der Waals surface area contributed by atoms with Crippen LogP contribution in [0.25, 0.3) is 0 Å². The Kier molecular flexibility index (Phi) is 4.92. The topological polar surface area (TPSA) is 88.3 Å². The highest BCUT2D eigenvalue weighted by atomic mass is 32.1. The van der Waals surface area contributed by atoms with E-state index < -0.39 is 5.97 Å². The zero-order valence-corrected chi connectivity index (χ0v) is 13.6. The summed E-state index contributed by atoms with van der Waals surface area (Å²) in [5.41, 5.74) is 1.01. The van der Waals surface area contributed by atoms with Crippen molar-refractivity contribution in [1.29, 1.82) is 0 Å². The van der Waals surface area contributed by atoms with Crippen LogP contribution in [0.4, 0.5) is 0 Å². The van der Waals surface area contributed by atoms with Crippen molar-refractivity contribution < 1.29 is 14.7 Å². The summed E-state index contributed by atoms with van der Waals surface area (Å²) in [4.78, 5) is 30.0. The van der Waals surface area contributed by atoms with E-state index in [1.54, 1.807) is 31.0 Å². The van der Waals surface area contributed by atoms with E-state index in [0.29, 0.717) is 0 Å². The summed E-state index contributed by atoms with van der Waals surface area (Å²) < 4.78 is 1.55. The molecule has 0 unspecified atom stereocenters. The highest BCUT2D eigenvalue weighted by Crippen LogP contribution is 2.17. The molecule has 0 spiro atoms. The molecule has 0 bridgehead atoms. The van der Waals surface area contributed by atoms with Gasteiger partial charge in [-0.25, -0.2) is 4.98 Å². The first-order chi connectivity index (χ1) is 10.4. The van der Waals surface area contributed by atoms with Gasteiger partial charge in [-0.05, 0) is 13.3 Å². The molecule has 0 atom stereocenters. The summed E-state index contributed by atoms with van der Waals surface area (Å²) in [7, 11) is 1.72. The highest BCUT2D eigenvalue weighted by molar-refractivity contribution is 7.11. The third kappa shape index (κ3) is 3.70. The molecule has 1 N–H and O–H groups in total. The van der Waals surface area contributed by atoms with Crippen molar-refractivity contribution in [3.8, 4) is 0 Å². The average molecular weight is 322 g/mol. The van der Waals surface area contributed by atoms with Crippen molar-refractivity contribution >= 4 is 23.2 Å². The first kappa shape index (κ1) is 16.2. The normalized spacial score (nSPS) is 10.7. The van der Waals surface area contributed by atoms with Crippen molar-refractivity contribution in [2.24, 2.45) is 7.05 Å². The van der Waals surface area contributed by atoms with Crippen LogP contribution in [-0.2, 0) is 24.8 Å². The van der Waals surface area contributed by atoms with Crippen LogP contribution in [0.1, 0.15) is 32.9 Å². The number of aliphatic carboxylic acids is 1. The van der Waals surface area contributed by atoms with Gasteiger partial charge in [0.15, 0.2) is 5.69 Å². The third-order valence-corrected chi connectivity index (χ3v) is 4.20. The van der Waals surface area contributed by atoms with E-state index >= 15 is 0 Å². The third-order valence-electron chi connectivity index (χ3n) is 3.08. The van der Waals surface area contributed by atoms with Gasteiger partial charge in [-0.1, -0.05) is 6.92 Å². The Balaban J connectivity index is 2.23. The van der Waals surface area contributed by atoms with Crippen LogP contribution in [0.15, 0.2) is 12.4 Å². The van der Waals surface area contributed by atoms with Crippen LogP contribution < -0.4 is 0 Å². The van der Waals surface area contributed by atoms with Gasteiger partial charge in [0.1, 0.15) is 6.54 Å². The molecule has 8 heteroatoms. The largest absolute Gasteiger partial charge is 0.480 e. The van der Waals surface area contributed by atoms with Crippen LogP contribution >= 0.6 is 11.3 Å². The van der Waals surface area contributed by atoms with E-state index in [1.807, 2.05) is 6.92 Å². The fourth-order valence-corrected chi connectivity index (χ4v) is 2.98. The van der Waals surface area contributed by atoms with E-state index in [9.17, 15) is 9.59 Å². The van der Waals surface area contributed by atoms with Crippen LogP contribution in [0, 0.1) is 6.92 Å². The van der Waals surface area contributed by atoms with Gasteiger partial charge < -0.3 is 10.0 Å². The average Bonchev–Trinajstić information content (AvgIpc) is 3.03. The molecule has 22 heavy (non-hydrogen) atoms. The molecular formula is C14H18N4O3S. The number of aryl methyl sites for hydroxylation is 3. The molecule has 2 rings (SSSR count). The minimum absolute atomic E-state index is 0.221. The molecule has 0 radical (unpaired) electrons. The number of aromatic nitrogens is 3. The lowest BCUT2D eigenvalue weighted by molar-refractivity contribution is -0.137. The summed E-state index contributed by atoms with van der Waals surface area (Å²) >= 11 is 1.49. The van der Waals surface area contributed by atoms with Gasteiger partial charge in [0.25, 0.3) is 5.91 Å². The van der Waals surface area contributed by atoms with Crippen LogP contribution in [0.2, 0.25) is 0 Å². The van der Waals surface area contributed by atoms with Gasteiger partial charge >= 0.3 is 5.97 Å². The quantitative estimate of drug-likeness (QED) is 0.870. The molecule has 2 heterocycles. The molecule has 118 valence electrons. The smallest absolute Gasteiger partial charge is 0.323 e. The van der Waals surface area contributed by atoms with Crippen LogP contribution in [0.5, 0.6) is 0 Å². The van der Waals surface area contributed by atoms with E-state index in [0.717, 1.165) is 21.9 Å². The maximum absolute atomic E-state index is 12.6. The number of carbonyl (C=O) groups is 2. The molecule has 0 saturated carbocycles. The number of carboxylic acids is 1. The van der Waals surface area contributed by atoms with Gasteiger partial charge in [-0.2, -0.15) is 5.10 Å². The van der Waals surface area contributed by atoms with E-state index in [4.69, 9.17) is 5.11 Å². The predicted molar refractivity (Wildman–Crippen MR) is 81.8 cm³/mol. The van der Waals surface area contributed by atoms with Gasteiger partial charge in [0, 0.05) is 29.9 Å². The lowest BCUT2D eigenvalue weighted by atomic mass is 10.2. The Morgan fingerprint density at radius 3 is 2.68 bits per heavy atom. The van der Waals surface area contributed by atoms with Crippen LogP contribution in [-0.4, -0.2) is 43.2 Å². The van der Waals surface area contributed by atoms with Gasteiger partial charge in [-0.3, -0.25) is 14.3 Å². The van der Waals surface area contributed by atoms with Crippen molar-refractivity contribution in [3.63, 3.8) is 0 Å². The fraction of sp³-hybridized carbons (Fsp3) is 0.429. The molecular weight excluding hydrogens is 304 g/mol. The fourth-order valence-electron chi connectivity index (χ4n) is 2.10. The van der Waals surface area contributed by atoms with Gasteiger partial charge in [0.2, 0.25) is 0 Å². The molecule has 1 amide bonds. The maximum Gasteiger partial charge on any atom is 0.323 e. The number of hydrogen-bond acceptors (Lipinski definition) is 5. The monoisotopic (exact) mass is 322 g/mol. The minimum Gasteiger partial charge on any atom is -0.480 e.